The van der Waals surface area contributed by atoms with Crippen LogP contribution in [-0.4, -0.2) is 96.4 Å². The highest BCUT2D eigenvalue weighted by Gasteiger charge is 2.42. The molecule has 1 saturated heterocycles. The molecule has 2 N–H and O–H groups in total. The molecule has 3 amide bonds. The lowest BCUT2D eigenvalue weighted by Crippen LogP contribution is -2.58. The second-order valence-electron chi connectivity index (χ2n) is 16.1. The Morgan fingerprint density at radius 2 is 1.67 bits per heavy atom. The lowest BCUT2D eigenvalue weighted by molar-refractivity contribution is -0.149. The Morgan fingerprint density at radius 1 is 1.00 bits per heavy atom. The summed E-state index contributed by atoms with van der Waals surface area (Å²) in [5.74, 6) is -2.50. The molecule has 16 heteroatoms. The fourth-order valence-electron chi connectivity index (χ4n) is 7.68. The minimum Gasteiger partial charge on any atom is -0.469 e. The van der Waals surface area contributed by atoms with Crippen LogP contribution in [0.4, 0.5) is 13.2 Å². The Balaban J connectivity index is 1.53. The van der Waals surface area contributed by atoms with Crippen molar-refractivity contribution in [3.63, 3.8) is 0 Å². The van der Waals surface area contributed by atoms with E-state index >= 15 is 0 Å². The molecule has 4 rings (SSSR count). The number of esters is 2. The standard InChI is InChI=1S/C41H58F3N5O7S/c1-23(2)33(49(7)39(53)35(25(4)28-14-15-28)47-37(52)32-11-9-10-18-48(32)6)21-34(56-26(5)50)38-46-31(22-57-38)36(51)45-30(19-24(3)40(54)55-8)20-27-12-16-29(17-13-27)41(42,43)44/h12-13,16-17,22-25,28,30,32-35H,9-11,14-15,18-21H2,1-8H3,(H,45,51)(H,47,52)/t24-,25-,30+,32+,33+,34+,35-/m0/s1. The van der Waals surface area contributed by atoms with Crippen LogP contribution in [0.1, 0.15) is 112 Å². The van der Waals surface area contributed by atoms with Gasteiger partial charge >= 0.3 is 18.1 Å². The fourth-order valence-corrected chi connectivity index (χ4v) is 8.52. The van der Waals surface area contributed by atoms with Crippen molar-refractivity contribution < 1.29 is 46.6 Å². The van der Waals surface area contributed by atoms with Crippen LogP contribution in [-0.2, 0) is 41.2 Å². The van der Waals surface area contributed by atoms with Gasteiger partial charge in [0.1, 0.15) is 16.7 Å². The number of likely N-dealkylation sites (tertiary alicyclic amines) is 1. The molecule has 2 aliphatic rings. The van der Waals surface area contributed by atoms with Crippen molar-refractivity contribution in [2.24, 2.45) is 23.7 Å². The molecule has 7 atom stereocenters. The first-order valence-corrected chi connectivity index (χ1v) is 20.6. The summed E-state index contributed by atoms with van der Waals surface area (Å²) in [6.45, 7) is 9.65. The first-order valence-electron chi connectivity index (χ1n) is 19.7. The lowest BCUT2D eigenvalue weighted by atomic mass is 9.91. The van der Waals surface area contributed by atoms with Crippen LogP contribution in [0.25, 0.3) is 0 Å². The normalized spacial score (nSPS) is 19.4. The van der Waals surface area contributed by atoms with Gasteiger partial charge in [0.15, 0.2) is 6.10 Å². The van der Waals surface area contributed by atoms with Gasteiger partial charge in [0.05, 0.1) is 24.6 Å². The van der Waals surface area contributed by atoms with E-state index in [1.54, 1.807) is 18.9 Å². The van der Waals surface area contributed by atoms with Gasteiger partial charge < -0.3 is 25.0 Å². The number of thiazole rings is 1. The highest BCUT2D eigenvalue weighted by atomic mass is 32.1. The summed E-state index contributed by atoms with van der Waals surface area (Å²) in [5, 5.41) is 7.85. The van der Waals surface area contributed by atoms with Crippen molar-refractivity contribution in [3.05, 3.63) is 51.5 Å². The zero-order valence-corrected chi connectivity index (χ0v) is 35.0. The first kappa shape index (κ1) is 45.6. The van der Waals surface area contributed by atoms with Crippen molar-refractivity contribution in [1.82, 2.24) is 25.4 Å². The Bertz CT molecular complexity index is 1700. The summed E-state index contributed by atoms with van der Waals surface area (Å²) in [5.41, 5.74) is -0.258. The predicted octanol–water partition coefficient (Wildman–Crippen LogP) is 6.19. The van der Waals surface area contributed by atoms with E-state index in [-0.39, 0.29) is 54.6 Å². The van der Waals surface area contributed by atoms with E-state index < -0.39 is 59.7 Å². The highest BCUT2D eigenvalue weighted by molar-refractivity contribution is 7.09. The third-order valence-corrected chi connectivity index (χ3v) is 12.2. The number of carbonyl (C=O) groups excluding carboxylic acids is 5. The van der Waals surface area contributed by atoms with Gasteiger partial charge in [-0.1, -0.05) is 46.2 Å². The van der Waals surface area contributed by atoms with Crippen LogP contribution in [0.5, 0.6) is 0 Å². The van der Waals surface area contributed by atoms with Gasteiger partial charge in [-0.2, -0.15) is 13.2 Å². The van der Waals surface area contributed by atoms with E-state index in [2.05, 4.69) is 15.6 Å². The second-order valence-corrected chi connectivity index (χ2v) is 17.0. The number of nitrogens with zero attached hydrogens (tertiary/aromatic N) is 3. The molecule has 0 bridgehead atoms. The highest BCUT2D eigenvalue weighted by Crippen LogP contribution is 2.39. The van der Waals surface area contributed by atoms with Crippen LogP contribution in [0.3, 0.4) is 0 Å². The Labute approximate surface area is 337 Å². The molecular weight excluding hydrogens is 764 g/mol. The Morgan fingerprint density at radius 3 is 2.23 bits per heavy atom. The number of methoxy groups -OCH3 is 1. The number of hydrogen-bond acceptors (Lipinski definition) is 10. The molecular formula is C41H58F3N5O7S. The van der Waals surface area contributed by atoms with E-state index in [1.165, 1.54) is 31.5 Å². The third kappa shape index (κ3) is 12.7. The van der Waals surface area contributed by atoms with Crippen molar-refractivity contribution in [2.75, 3.05) is 27.7 Å². The van der Waals surface area contributed by atoms with Gasteiger partial charge in [0, 0.05) is 37.9 Å². The van der Waals surface area contributed by atoms with Gasteiger partial charge in [0.2, 0.25) is 11.8 Å². The number of piperidine rings is 1. The number of nitrogens with one attached hydrogen (secondary N) is 2. The summed E-state index contributed by atoms with van der Waals surface area (Å²) in [4.78, 5) is 74.5. The number of amides is 3. The average molecular weight is 822 g/mol. The fraction of sp³-hybridized carbons (Fsp3) is 0.659. The molecule has 2 fully saturated rings. The molecule has 1 aliphatic carbocycles. The number of alkyl halides is 3. The maximum Gasteiger partial charge on any atom is 0.416 e. The Kier molecular flexibility index (Phi) is 16.1. The number of benzene rings is 1. The number of carbonyl (C=O) groups is 5. The van der Waals surface area contributed by atoms with Gasteiger partial charge in [-0.25, -0.2) is 4.98 Å². The molecule has 1 aliphatic heterocycles. The lowest BCUT2D eigenvalue weighted by Gasteiger charge is -2.38. The molecule has 57 heavy (non-hydrogen) atoms. The van der Waals surface area contributed by atoms with E-state index in [1.807, 2.05) is 32.7 Å². The molecule has 2 aromatic rings. The minimum atomic E-state index is -4.50. The molecule has 1 aromatic heterocycles. The van der Waals surface area contributed by atoms with Gasteiger partial charge in [-0.05, 0) is 87.6 Å². The Hall–Kier alpha value is -4.05. The molecule has 316 valence electrons. The summed E-state index contributed by atoms with van der Waals surface area (Å²) >= 11 is 1.11. The number of rotatable bonds is 18. The summed E-state index contributed by atoms with van der Waals surface area (Å²) in [6.07, 6.45) is -0.273. The predicted molar refractivity (Wildman–Crippen MR) is 209 cm³/mol. The van der Waals surface area contributed by atoms with Crippen molar-refractivity contribution >= 4 is 41.0 Å². The van der Waals surface area contributed by atoms with Gasteiger partial charge in [-0.15, -0.1) is 11.3 Å². The van der Waals surface area contributed by atoms with Crippen LogP contribution in [0.2, 0.25) is 0 Å². The van der Waals surface area contributed by atoms with Crippen molar-refractivity contribution in [1.29, 1.82) is 0 Å². The maximum atomic E-state index is 14.4. The zero-order valence-electron chi connectivity index (χ0n) is 34.2. The van der Waals surface area contributed by atoms with Crippen molar-refractivity contribution in [3.8, 4) is 0 Å². The molecule has 0 spiro atoms. The maximum absolute atomic E-state index is 14.4. The number of ether oxygens (including phenoxy) is 2. The molecule has 2 heterocycles. The van der Waals surface area contributed by atoms with E-state index in [0.29, 0.717) is 16.5 Å². The third-order valence-electron chi connectivity index (χ3n) is 11.3. The smallest absolute Gasteiger partial charge is 0.416 e. The van der Waals surface area contributed by atoms with Crippen LogP contribution < -0.4 is 10.6 Å². The van der Waals surface area contributed by atoms with Crippen molar-refractivity contribution in [2.45, 2.75) is 122 Å². The van der Waals surface area contributed by atoms with Gasteiger partial charge in [0.25, 0.3) is 5.91 Å². The minimum absolute atomic E-state index is 0.0227. The SMILES string of the molecule is COC(=O)[C@@H](C)C[C@H](Cc1ccc(C(F)(F)F)cc1)NC(=O)c1csc([C@@H](C[C@H](C(C)C)N(C)C(=O)[C@@H](NC(=O)[C@H]2CCCCN2C)[C@@H](C)C2CC2)OC(C)=O)n1. The van der Waals surface area contributed by atoms with Crippen LogP contribution >= 0.6 is 11.3 Å². The average Bonchev–Trinajstić information content (AvgIpc) is 3.89. The number of likely N-dealkylation sites (N-methyl/N-ethyl adjacent to an activating group) is 2. The zero-order chi connectivity index (χ0) is 42.2. The van der Waals surface area contributed by atoms with E-state index in [0.717, 1.165) is 62.1 Å². The van der Waals surface area contributed by atoms with Crippen LogP contribution in [0.15, 0.2) is 29.6 Å². The van der Waals surface area contributed by atoms with Crippen LogP contribution in [0, 0.1) is 23.7 Å². The summed E-state index contributed by atoms with van der Waals surface area (Å²) in [7, 11) is 4.88. The molecule has 12 nitrogen and oxygen atoms in total. The topological polar surface area (TPSA) is 147 Å². The number of hydrogen-bond donors (Lipinski definition) is 2. The van der Waals surface area contributed by atoms with Gasteiger partial charge in [-0.3, -0.25) is 28.9 Å². The van der Waals surface area contributed by atoms with E-state index in [4.69, 9.17) is 9.47 Å². The second kappa shape index (κ2) is 20.1. The molecule has 0 unspecified atom stereocenters. The number of aromatic nitrogens is 1. The summed E-state index contributed by atoms with van der Waals surface area (Å²) < 4.78 is 50.2. The first-order chi connectivity index (χ1) is 26.8. The monoisotopic (exact) mass is 821 g/mol. The molecule has 1 aromatic carbocycles. The number of halogens is 3. The quantitative estimate of drug-likeness (QED) is 0.168. The van der Waals surface area contributed by atoms with E-state index in [9.17, 15) is 37.1 Å². The largest absolute Gasteiger partial charge is 0.469 e. The summed E-state index contributed by atoms with van der Waals surface area (Å²) in [6, 6.07) is 2.46. The molecule has 1 saturated carbocycles. The molecule has 0 radical (unpaired) electrons.